The van der Waals surface area contributed by atoms with E-state index in [2.05, 4.69) is 5.32 Å². The average Bonchev–Trinajstić information content (AvgIpc) is 2.49. The molecule has 0 aliphatic carbocycles. The van der Waals surface area contributed by atoms with E-state index in [9.17, 15) is 8.42 Å². The Labute approximate surface area is 101 Å². The van der Waals surface area contributed by atoms with Crippen LogP contribution in [0.15, 0.2) is 16.5 Å². The van der Waals surface area contributed by atoms with Crippen molar-refractivity contribution in [1.29, 1.82) is 0 Å². The predicted octanol–water partition coefficient (Wildman–Crippen LogP) is 1.85. The highest BCUT2D eigenvalue weighted by molar-refractivity contribution is 7.92. The van der Waals surface area contributed by atoms with Crippen LogP contribution >= 0.6 is 11.6 Å². The second kappa shape index (κ2) is 4.77. The largest absolute Gasteiger partial charge is 0.448 e. The third-order valence-corrected chi connectivity index (χ3v) is 4.84. The van der Waals surface area contributed by atoms with Gasteiger partial charge in [-0.2, -0.15) is 0 Å². The van der Waals surface area contributed by atoms with Gasteiger partial charge >= 0.3 is 0 Å². The second-order valence-electron chi connectivity index (χ2n) is 4.34. The van der Waals surface area contributed by atoms with Gasteiger partial charge in [0.2, 0.25) is 0 Å². The number of halogens is 1. The Balaban J connectivity index is 2.48. The van der Waals surface area contributed by atoms with Crippen molar-refractivity contribution in [2.24, 2.45) is 0 Å². The molecule has 0 spiro atoms. The van der Waals surface area contributed by atoms with Gasteiger partial charge in [-0.1, -0.05) is 0 Å². The highest BCUT2D eigenvalue weighted by atomic mass is 35.5. The van der Waals surface area contributed by atoms with Gasteiger partial charge < -0.3 is 9.73 Å². The summed E-state index contributed by atoms with van der Waals surface area (Å²) in [6, 6.07) is 3.41. The highest BCUT2D eigenvalue weighted by Gasteiger charge is 2.29. The van der Waals surface area contributed by atoms with E-state index in [0.717, 1.165) is 0 Å². The van der Waals surface area contributed by atoms with Gasteiger partial charge in [0.05, 0.1) is 11.3 Å². The van der Waals surface area contributed by atoms with Crippen molar-refractivity contribution in [2.75, 3.05) is 12.8 Å². The zero-order valence-electron chi connectivity index (χ0n) is 9.58. The van der Waals surface area contributed by atoms with E-state index < -0.39 is 14.6 Å². The standard InChI is InChI=1S/C10H16ClNO3S/c1-10(2,16(3,13)14)7-12-6-8-4-5-9(11)15-8/h4-5,12H,6-7H2,1-3H3. The molecule has 0 atom stereocenters. The fraction of sp³-hybridized carbons (Fsp3) is 0.600. The Morgan fingerprint density at radius 1 is 1.44 bits per heavy atom. The zero-order chi connectivity index (χ0) is 12.4. The minimum absolute atomic E-state index is 0.333. The number of rotatable bonds is 5. The monoisotopic (exact) mass is 265 g/mol. The van der Waals surface area contributed by atoms with Crippen molar-refractivity contribution in [3.05, 3.63) is 23.1 Å². The molecule has 0 aliphatic heterocycles. The SMILES string of the molecule is CC(C)(CNCc1ccc(Cl)o1)S(C)(=O)=O. The molecule has 0 saturated carbocycles. The molecule has 0 fully saturated rings. The lowest BCUT2D eigenvalue weighted by Crippen LogP contribution is -2.41. The Morgan fingerprint density at radius 3 is 2.50 bits per heavy atom. The molecule has 1 N–H and O–H groups in total. The van der Waals surface area contributed by atoms with Gasteiger partial charge in [-0.05, 0) is 37.6 Å². The zero-order valence-corrected chi connectivity index (χ0v) is 11.2. The first-order chi connectivity index (χ1) is 7.22. The van der Waals surface area contributed by atoms with Gasteiger partial charge in [0.25, 0.3) is 0 Å². The molecule has 0 bridgehead atoms. The van der Waals surface area contributed by atoms with Crippen molar-refractivity contribution in [3.8, 4) is 0 Å². The number of hydrogen-bond donors (Lipinski definition) is 1. The Kier molecular flexibility index (Phi) is 4.04. The molecule has 0 unspecified atom stereocenters. The van der Waals surface area contributed by atoms with Crippen LogP contribution in [0.25, 0.3) is 0 Å². The minimum Gasteiger partial charge on any atom is -0.448 e. The van der Waals surface area contributed by atoms with E-state index in [1.54, 1.807) is 26.0 Å². The Hall–Kier alpha value is -0.520. The molecule has 1 aromatic rings. The molecule has 92 valence electrons. The second-order valence-corrected chi connectivity index (χ2v) is 7.36. The van der Waals surface area contributed by atoms with E-state index in [1.165, 1.54) is 6.26 Å². The summed E-state index contributed by atoms with van der Waals surface area (Å²) in [5.41, 5.74) is 0. The number of furan rings is 1. The summed E-state index contributed by atoms with van der Waals surface area (Å²) in [5, 5.41) is 3.36. The Morgan fingerprint density at radius 2 is 2.06 bits per heavy atom. The molecule has 6 heteroatoms. The van der Waals surface area contributed by atoms with Crippen LogP contribution in [-0.4, -0.2) is 26.0 Å². The average molecular weight is 266 g/mol. The van der Waals surface area contributed by atoms with E-state index in [0.29, 0.717) is 24.1 Å². The van der Waals surface area contributed by atoms with Crippen LogP contribution in [0.1, 0.15) is 19.6 Å². The molecular weight excluding hydrogens is 250 g/mol. The maximum absolute atomic E-state index is 11.4. The van der Waals surface area contributed by atoms with Crippen molar-refractivity contribution in [3.63, 3.8) is 0 Å². The molecular formula is C10H16ClNO3S. The maximum atomic E-state index is 11.4. The summed E-state index contributed by atoms with van der Waals surface area (Å²) in [6.07, 6.45) is 1.23. The third-order valence-electron chi connectivity index (χ3n) is 2.48. The van der Waals surface area contributed by atoms with Gasteiger partial charge in [-0.25, -0.2) is 8.42 Å². The first kappa shape index (κ1) is 13.5. The van der Waals surface area contributed by atoms with Crippen LogP contribution in [-0.2, 0) is 16.4 Å². The first-order valence-electron chi connectivity index (χ1n) is 4.87. The molecule has 16 heavy (non-hydrogen) atoms. The lowest BCUT2D eigenvalue weighted by Gasteiger charge is -2.22. The normalized spacial score (nSPS) is 13.0. The fourth-order valence-electron chi connectivity index (χ4n) is 1.06. The minimum atomic E-state index is -3.07. The quantitative estimate of drug-likeness (QED) is 0.883. The molecule has 0 aromatic carbocycles. The molecule has 4 nitrogen and oxygen atoms in total. The lowest BCUT2D eigenvalue weighted by molar-refractivity contribution is 0.465. The van der Waals surface area contributed by atoms with E-state index in [-0.39, 0.29) is 0 Å². The maximum Gasteiger partial charge on any atom is 0.193 e. The summed E-state index contributed by atoms with van der Waals surface area (Å²) >= 11 is 5.61. The van der Waals surface area contributed by atoms with E-state index in [1.807, 2.05) is 0 Å². The number of hydrogen-bond acceptors (Lipinski definition) is 4. The van der Waals surface area contributed by atoms with Crippen LogP contribution in [0.2, 0.25) is 5.22 Å². The van der Waals surface area contributed by atoms with Crippen molar-refractivity contribution in [1.82, 2.24) is 5.32 Å². The van der Waals surface area contributed by atoms with Crippen LogP contribution < -0.4 is 5.32 Å². The van der Waals surface area contributed by atoms with Crippen molar-refractivity contribution < 1.29 is 12.8 Å². The van der Waals surface area contributed by atoms with Crippen LogP contribution in [0.3, 0.4) is 0 Å². The molecule has 1 aromatic heterocycles. The summed E-state index contributed by atoms with van der Waals surface area (Å²) in [7, 11) is -3.07. The summed E-state index contributed by atoms with van der Waals surface area (Å²) in [5.74, 6) is 0.689. The van der Waals surface area contributed by atoms with Crippen LogP contribution in [0, 0.1) is 0 Å². The fourth-order valence-corrected chi connectivity index (χ4v) is 1.59. The van der Waals surface area contributed by atoms with E-state index >= 15 is 0 Å². The molecule has 0 aliphatic rings. The lowest BCUT2D eigenvalue weighted by atomic mass is 10.2. The molecule has 0 radical (unpaired) electrons. The molecule has 0 saturated heterocycles. The van der Waals surface area contributed by atoms with Crippen LogP contribution in [0.4, 0.5) is 0 Å². The topological polar surface area (TPSA) is 59.3 Å². The number of nitrogens with one attached hydrogen (secondary N) is 1. The van der Waals surface area contributed by atoms with Gasteiger partial charge in [0, 0.05) is 12.8 Å². The molecule has 1 rings (SSSR count). The van der Waals surface area contributed by atoms with Crippen LogP contribution in [0.5, 0.6) is 0 Å². The first-order valence-corrected chi connectivity index (χ1v) is 7.14. The molecule has 0 amide bonds. The summed E-state index contributed by atoms with van der Waals surface area (Å²) in [4.78, 5) is 0. The Bertz CT molecular complexity index is 450. The van der Waals surface area contributed by atoms with Gasteiger partial charge in [0.1, 0.15) is 5.76 Å². The molecule has 1 heterocycles. The predicted molar refractivity (Wildman–Crippen MR) is 64.3 cm³/mol. The van der Waals surface area contributed by atoms with Crippen molar-refractivity contribution in [2.45, 2.75) is 25.1 Å². The number of sulfone groups is 1. The summed E-state index contributed by atoms with van der Waals surface area (Å²) < 4.78 is 27.2. The third kappa shape index (κ3) is 3.50. The van der Waals surface area contributed by atoms with E-state index in [4.69, 9.17) is 16.0 Å². The van der Waals surface area contributed by atoms with Gasteiger partial charge in [-0.3, -0.25) is 0 Å². The highest BCUT2D eigenvalue weighted by Crippen LogP contribution is 2.15. The van der Waals surface area contributed by atoms with Crippen molar-refractivity contribution >= 4 is 21.4 Å². The smallest absolute Gasteiger partial charge is 0.193 e. The van der Waals surface area contributed by atoms with Gasteiger partial charge in [0.15, 0.2) is 15.1 Å². The van der Waals surface area contributed by atoms with Gasteiger partial charge in [-0.15, -0.1) is 0 Å². The summed E-state index contributed by atoms with van der Waals surface area (Å²) in [6.45, 7) is 4.20.